The molecule has 1 spiro atoms. The Morgan fingerprint density at radius 2 is 1.76 bits per heavy atom. The normalized spacial score (nSPS) is 34.0. The van der Waals surface area contributed by atoms with Crippen molar-refractivity contribution < 1.29 is 48.3 Å². The molecule has 0 radical (unpaired) electrons. The number of hydrogen-bond acceptors (Lipinski definition) is 12. The van der Waals surface area contributed by atoms with Gasteiger partial charge in [-0.15, -0.1) is 0 Å². The Balaban J connectivity index is 1.36. The second-order valence-corrected chi connectivity index (χ2v) is 19.7. The van der Waals surface area contributed by atoms with E-state index in [0.29, 0.717) is 99.5 Å². The first-order valence-corrected chi connectivity index (χ1v) is 23.7. The van der Waals surface area contributed by atoms with Gasteiger partial charge in [-0.2, -0.15) is 0 Å². The van der Waals surface area contributed by atoms with E-state index in [1.54, 1.807) is 6.07 Å². The minimum Gasteiger partial charge on any atom is -0.496 e. The lowest BCUT2D eigenvalue weighted by molar-refractivity contribution is -0.228. The fraction of sp³-hybridized carbons (Fsp3) is 0.577. The number of anilines is 1. The maximum atomic E-state index is 15.6. The van der Waals surface area contributed by atoms with Crippen LogP contribution in [0.5, 0.6) is 5.75 Å². The highest BCUT2D eigenvalue weighted by Crippen LogP contribution is 2.68. The molecule has 2 bridgehead atoms. The second-order valence-electron chi connectivity index (χ2n) is 19.7. The van der Waals surface area contributed by atoms with Crippen LogP contribution >= 0.6 is 0 Å². The van der Waals surface area contributed by atoms with Crippen molar-refractivity contribution >= 4 is 40.9 Å². The Morgan fingerprint density at radius 1 is 0.970 bits per heavy atom. The van der Waals surface area contributed by atoms with Gasteiger partial charge in [-0.25, -0.2) is 4.79 Å². The van der Waals surface area contributed by atoms with Crippen molar-refractivity contribution in [2.24, 2.45) is 11.3 Å². The number of esters is 3. The molecule has 10 atom stereocenters. The predicted molar refractivity (Wildman–Crippen MR) is 247 cm³/mol. The molecule has 1 saturated carbocycles. The number of carbonyl (C=O) groups excluding carboxylic acids is 4. The Bertz CT molecular complexity index is 2560. The van der Waals surface area contributed by atoms with Crippen LogP contribution in [0.2, 0.25) is 0 Å². The highest BCUT2D eigenvalue weighted by Gasteiger charge is 2.81. The molecule has 2 unspecified atom stereocenters. The van der Waals surface area contributed by atoms with Crippen LogP contribution in [0.15, 0.2) is 42.5 Å². The SMILES string of the molecule is CCCCC#Cc1ccc2[nH]c3c(c2c1)CCN1C[C@H](C[C@@](O)(CC)C1)C[C@]3(C(=O)OC)c1cc2c(cc1OC)N(C=O)C1[C@]23CCN2CC=C[C@@](CC)([C@@H](OC(C)=O)[C@]1(O)C(=O)OC)[C@H]23. The number of fused-ring (bicyclic) bond motifs is 6. The molecule has 6 aliphatic rings. The number of hydrogen-bond donors (Lipinski definition) is 3. The lowest BCUT2D eigenvalue weighted by Crippen LogP contribution is -2.81. The van der Waals surface area contributed by atoms with Crippen molar-refractivity contribution in [1.29, 1.82) is 0 Å². The third-order valence-corrected chi connectivity index (χ3v) is 16.5. The quantitative estimate of drug-likeness (QED) is 0.0619. The van der Waals surface area contributed by atoms with E-state index in [2.05, 4.69) is 39.6 Å². The molecule has 3 fully saturated rings. The summed E-state index contributed by atoms with van der Waals surface area (Å²) < 4.78 is 23.9. The summed E-state index contributed by atoms with van der Waals surface area (Å²) in [6.45, 7) is 10.2. The minimum absolute atomic E-state index is 0.183. The Morgan fingerprint density at radius 3 is 2.44 bits per heavy atom. The van der Waals surface area contributed by atoms with E-state index in [-0.39, 0.29) is 12.3 Å². The number of piperidine rings is 1. The molecular formula is C52H64N4O10. The number of carbonyl (C=O) groups is 4. The van der Waals surface area contributed by atoms with Gasteiger partial charge < -0.3 is 39.0 Å². The van der Waals surface area contributed by atoms with Gasteiger partial charge in [0.2, 0.25) is 12.0 Å². The second kappa shape index (κ2) is 16.8. The van der Waals surface area contributed by atoms with Crippen molar-refractivity contribution in [1.82, 2.24) is 14.8 Å². The summed E-state index contributed by atoms with van der Waals surface area (Å²) in [6, 6.07) is 8.06. The van der Waals surface area contributed by atoms with Gasteiger partial charge in [0.1, 0.15) is 11.2 Å². The van der Waals surface area contributed by atoms with Gasteiger partial charge in [0.25, 0.3) is 0 Å². The van der Waals surface area contributed by atoms with Gasteiger partial charge in [0.05, 0.1) is 38.7 Å². The molecule has 352 valence electrons. The van der Waals surface area contributed by atoms with E-state index in [9.17, 15) is 24.6 Å². The molecule has 14 heteroatoms. The van der Waals surface area contributed by atoms with Crippen LogP contribution in [-0.4, -0.2) is 133 Å². The van der Waals surface area contributed by atoms with E-state index >= 15 is 4.79 Å². The molecule has 1 aromatic heterocycles. The molecule has 66 heavy (non-hydrogen) atoms. The molecular weight excluding hydrogens is 841 g/mol. The number of amides is 1. The summed E-state index contributed by atoms with van der Waals surface area (Å²) in [7, 11) is 4.10. The maximum absolute atomic E-state index is 15.6. The van der Waals surface area contributed by atoms with Gasteiger partial charge in [0, 0.05) is 90.2 Å². The molecule has 5 aliphatic heterocycles. The summed E-state index contributed by atoms with van der Waals surface area (Å²) in [5.41, 5.74) is -2.53. The van der Waals surface area contributed by atoms with Gasteiger partial charge in [0.15, 0.2) is 6.10 Å². The zero-order valence-corrected chi connectivity index (χ0v) is 39.3. The number of nitrogens with one attached hydrogen (secondary N) is 1. The topological polar surface area (TPSA) is 171 Å². The van der Waals surface area contributed by atoms with Crippen LogP contribution < -0.4 is 9.64 Å². The van der Waals surface area contributed by atoms with E-state index < -0.39 is 63.5 Å². The predicted octanol–water partition coefficient (Wildman–Crippen LogP) is 5.06. The average Bonchev–Trinajstić information content (AvgIpc) is 3.99. The summed E-state index contributed by atoms with van der Waals surface area (Å²) in [5.74, 6) is 4.57. The summed E-state index contributed by atoms with van der Waals surface area (Å²) >= 11 is 0. The average molecular weight is 905 g/mol. The first kappa shape index (κ1) is 45.9. The monoisotopic (exact) mass is 904 g/mol. The summed E-state index contributed by atoms with van der Waals surface area (Å²) in [6.07, 6.45) is 8.57. The Labute approximate surface area is 386 Å². The number of unbranched alkanes of at least 4 members (excludes halogenated alkanes) is 2. The lowest BCUT2D eigenvalue weighted by Gasteiger charge is -2.63. The Kier molecular flexibility index (Phi) is 11.7. The number of H-pyrrole nitrogens is 1. The number of aromatic amines is 1. The van der Waals surface area contributed by atoms with Gasteiger partial charge in [-0.05, 0) is 92.8 Å². The number of ether oxygens (including phenoxy) is 4. The van der Waals surface area contributed by atoms with Crippen LogP contribution in [0.1, 0.15) is 107 Å². The summed E-state index contributed by atoms with van der Waals surface area (Å²) in [5, 5.41) is 26.4. The highest BCUT2D eigenvalue weighted by molar-refractivity contribution is 5.97. The van der Waals surface area contributed by atoms with Gasteiger partial charge >= 0.3 is 17.9 Å². The Hall–Kier alpha value is -5.20. The molecule has 6 heterocycles. The number of nitrogens with zero attached hydrogens (tertiary/aromatic N) is 3. The van der Waals surface area contributed by atoms with Gasteiger partial charge in [-0.3, -0.25) is 24.2 Å². The van der Waals surface area contributed by atoms with Crippen molar-refractivity contribution in [3.8, 4) is 17.6 Å². The van der Waals surface area contributed by atoms with Crippen LogP contribution in [-0.2, 0) is 50.6 Å². The largest absolute Gasteiger partial charge is 0.496 e. The number of benzene rings is 2. The van der Waals surface area contributed by atoms with E-state index in [1.165, 1.54) is 33.2 Å². The van der Waals surface area contributed by atoms with Crippen molar-refractivity contribution in [2.75, 3.05) is 59.0 Å². The van der Waals surface area contributed by atoms with Crippen LogP contribution in [0.3, 0.4) is 0 Å². The molecule has 1 aliphatic carbocycles. The molecule has 14 nitrogen and oxygen atoms in total. The molecule has 2 saturated heterocycles. The fourth-order valence-corrected chi connectivity index (χ4v) is 13.9. The van der Waals surface area contributed by atoms with E-state index in [0.717, 1.165) is 41.3 Å². The van der Waals surface area contributed by atoms with E-state index in [1.807, 2.05) is 44.2 Å². The molecule has 3 N–H and O–H groups in total. The minimum atomic E-state index is -2.55. The highest BCUT2D eigenvalue weighted by atomic mass is 16.6. The third kappa shape index (κ3) is 6.43. The zero-order chi connectivity index (χ0) is 47.0. The van der Waals surface area contributed by atoms with Crippen molar-refractivity contribution in [3.63, 3.8) is 0 Å². The molecule has 9 rings (SSSR count). The summed E-state index contributed by atoms with van der Waals surface area (Å²) in [4.78, 5) is 66.7. The fourth-order valence-electron chi connectivity index (χ4n) is 13.9. The third-order valence-electron chi connectivity index (χ3n) is 16.5. The number of aromatic nitrogens is 1. The smallest absolute Gasteiger partial charge is 0.344 e. The van der Waals surface area contributed by atoms with Crippen molar-refractivity contribution in [3.05, 3.63) is 70.4 Å². The van der Waals surface area contributed by atoms with Crippen LogP contribution in [0.25, 0.3) is 10.9 Å². The standard InChI is InChI=1S/C52H64N4O10/c1-8-11-12-13-15-33-16-17-39-36(24-33)35-18-22-54-29-34(27-48(61,9-2)30-54)28-51(42(35)53-39,46(59)64-6)38-25-37-40(26-41(38)63-5)56(31-57)44-50(37)20-23-55-21-14-19-49(10-3,43(50)55)45(66-32(4)58)52(44,62)47(60)65-7/h14,16-17,19,24-26,31,34,43-45,53,61-62H,8-12,18,20-23,27-30H2,1-7H3/t34-,43+,44?,45-,48+,49-,50-,51+,52+/m1/s1. The lowest BCUT2D eigenvalue weighted by atomic mass is 9.47. The van der Waals surface area contributed by atoms with E-state index in [4.69, 9.17) is 18.9 Å². The van der Waals surface area contributed by atoms with Gasteiger partial charge in [-0.1, -0.05) is 51.2 Å². The number of aliphatic hydroxyl groups is 2. The molecule has 1 amide bonds. The maximum Gasteiger partial charge on any atom is 0.344 e. The molecule has 3 aromatic rings. The van der Waals surface area contributed by atoms with Crippen LogP contribution in [0.4, 0.5) is 5.69 Å². The zero-order valence-electron chi connectivity index (χ0n) is 39.3. The van der Waals surface area contributed by atoms with Crippen LogP contribution in [0, 0.1) is 23.2 Å². The first-order chi connectivity index (χ1) is 31.7. The molecule has 2 aromatic carbocycles. The number of methoxy groups -OCH3 is 3. The first-order valence-electron chi connectivity index (χ1n) is 23.7. The number of rotatable bonds is 10. The van der Waals surface area contributed by atoms with Crippen molar-refractivity contribution in [2.45, 2.75) is 126 Å².